The van der Waals surface area contributed by atoms with E-state index in [0.717, 1.165) is 0 Å². The highest BCUT2D eigenvalue weighted by Crippen LogP contribution is 2.18. The number of hydrogen-bond acceptors (Lipinski definition) is 4. The minimum Gasteiger partial charge on any atom is -0.457 e. The van der Waals surface area contributed by atoms with Gasteiger partial charge < -0.3 is 16.2 Å². The summed E-state index contributed by atoms with van der Waals surface area (Å²) in [5.41, 5.74) is 12.4. The molecule has 0 aliphatic carbocycles. The minimum absolute atomic E-state index is 0.160. The number of carbonyl (C=O) groups is 1. The Morgan fingerprint density at radius 1 is 1.15 bits per heavy atom. The molecule has 20 heavy (non-hydrogen) atoms. The fraction of sp³-hybridized carbons (Fsp3) is 0.0714. The molecule has 0 saturated heterocycles. The average molecular weight is 339 g/mol. The van der Waals surface area contributed by atoms with E-state index in [1.807, 2.05) is 0 Å². The van der Waals surface area contributed by atoms with E-state index >= 15 is 0 Å². The molecule has 0 amide bonds. The van der Waals surface area contributed by atoms with E-state index in [-0.39, 0.29) is 12.2 Å². The van der Waals surface area contributed by atoms with Gasteiger partial charge in [0.15, 0.2) is 0 Å². The van der Waals surface area contributed by atoms with Crippen LogP contribution in [0.15, 0.2) is 40.9 Å². The molecule has 2 aromatic rings. The minimum atomic E-state index is -0.605. The van der Waals surface area contributed by atoms with Crippen LogP contribution >= 0.6 is 15.9 Å². The number of nitrogen functional groups attached to an aromatic ring is 2. The molecule has 0 aliphatic rings. The smallest absolute Gasteiger partial charge is 0.338 e. The summed E-state index contributed by atoms with van der Waals surface area (Å²) in [4.78, 5) is 11.8. The molecule has 104 valence electrons. The van der Waals surface area contributed by atoms with Crippen molar-refractivity contribution in [2.75, 3.05) is 11.5 Å². The van der Waals surface area contributed by atoms with Crippen molar-refractivity contribution in [1.29, 1.82) is 0 Å². The quantitative estimate of drug-likeness (QED) is 0.665. The number of carbonyl (C=O) groups excluding carboxylic acids is 1. The summed E-state index contributed by atoms with van der Waals surface area (Å²) in [5, 5.41) is 0. The summed E-state index contributed by atoms with van der Waals surface area (Å²) in [6, 6.07) is 8.96. The van der Waals surface area contributed by atoms with Gasteiger partial charge in [0.1, 0.15) is 12.4 Å². The highest BCUT2D eigenvalue weighted by molar-refractivity contribution is 9.10. The van der Waals surface area contributed by atoms with E-state index in [1.54, 1.807) is 12.1 Å². The van der Waals surface area contributed by atoms with Crippen molar-refractivity contribution in [2.45, 2.75) is 6.61 Å². The van der Waals surface area contributed by atoms with E-state index in [9.17, 15) is 9.18 Å². The Hall–Kier alpha value is -2.08. The van der Waals surface area contributed by atoms with Gasteiger partial charge in [0.25, 0.3) is 0 Å². The van der Waals surface area contributed by atoms with Crippen molar-refractivity contribution in [3.05, 3.63) is 57.8 Å². The van der Waals surface area contributed by atoms with Crippen LogP contribution in [-0.2, 0) is 11.3 Å². The maximum absolute atomic E-state index is 13.6. The van der Waals surface area contributed by atoms with Crippen LogP contribution in [0.4, 0.5) is 15.8 Å². The molecule has 2 aromatic carbocycles. The van der Waals surface area contributed by atoms with Gasteiger partial charge in [-0.15, -0.1) is 0 Å². The lowest BCUT2D eigenvalue weighted by Crippen LogP contribution is -2.07. The van der Waals surface area contributed by atoms with Crippen LogP contribution < -0.4 is 11.5 Å². The molecular weight excluding hydrogens is 327 g/mol. The van der Waals surface area contributed by atoms with Crippen LogP contribution in [-0.4, -0.2) is 5.97 Å². The second kappa shape index (κ2) is 5.92. The number of halogens is 2. The van der Waals surface area contributed by atoms with Gasteiger partial charge in [0.2, 0.25) is 0 Å². The fourth-order valence-corrected chi connectivity index (χ4v) is 1.99. The normalized spacial score (nSPS) is 10.3. The number of benzene rings is 2. The Labute approximate surface area is 123 Å². The summed E-state index contributed by atoms with van der Waals surface area (Å²) in [5.74, 6) is -1.05. The van der Waals surface area contributed by atoms with Gasteiger partial charge in [0, 0.05) is 21.4 Å². The van der Waals surface area contributed by atoms with Crippen LogP contribution in [0, 0.1) is 5.82 Å². The van der Waals surface area contributed by atoms with Crippen LogP contribution in [0.25, 0.3) is 0 Å². The molecular formula is C14H12BrFN2O2. The number of hydrogen-bond donors (Lipinski definition) is 2. The summed E-state index contributed by atoms with van der Waals surface area (Å²) in [6.07, 6.45) is 0. The van der Waals surface area contributed by atoms with Gasteiger partial charge in [-0.3, -0.25) is 0 Å². The van der Waals surface area contributed by atoms with E-state index in [0.29, 0.717) is 21.4 Å². The van der Waals surface area contributed by atoms with E-state index in [2.05, 4.69) is 15.9 Å². The molecule has 0 heterocycles. The predicted octanol–water partition coefficient (Wildman–Crippen LogP) is 3.11. The summed E-state index contributed by atoms with van der Waals surface area (Å²) < 4.78 is 19.2. The lowest BCUT2D eigenvalue weighted by atomic mass is 10.2. The molecule has 0 aromatic heterocycles. The molecule has 2 rings (SSSR count). The van der Waals surface area contributed by atoms with Crippen molar-refractivity contribution in [2.24, 2.45) is 0 Å². The Morgan fingerprint density at radius 3 is 2.40 bits per heavy atom. The Kier molecular flexibility index (Phi) is 4.24. The highest BCUT2D eigenvalue weighted by atomic mass is 79.9. The first-order valence-corrected chi connectivity index (χ1v) is 6.52. The number of ether oxygens (including phenoxy) is 1. The Balaban J connectivity index is 2.08. The van der Waals surface area contributed by atoms with Crippen molar-refractivity contribution >= 4 is 33.3 Å². The molecule has 6 heteroatoms. The largest absolute Gasteiger partial charge is 0.457 e. The van der Waals surface area contributed by atoms with Gasteiger partial charge in [-0.25, -0.2) is 9.18 Å². The van der Waals surface area contributed by atoms with E-state index in [1.165, 1.54) is 24.3 Å². The lowest BCUT2D eigenvalue weighted by molar-refractivity contribution is 0.0469. The molecule has 0 unspecified atom stereocenters. The van der Waals surface area contributed by atoms with Crippen LogP contribution in [0.2, 0.25) is 0 Å². The second-order valence-corrected chi connectivity index (χ2v) is 5.12. The van der Waals surface area contributed by atoms with Crippen LogP contribution in [0.1, 0.15) is 15.9 Å². The first-order valence-electron chi connectivity index (χ1n) is 5.73. The van der Waals surface area contributed by atoms with Gasteiger partial charge >= 0.3 is 5.97 Å². The third-order valence-electron chi connectivity index (χ3n) is 2.59. The van der Waals surface area contributed by atoms with Gasteiger partial charge in [-0.2, -0.15) is 0 Å². The van der Waals surface area contributed by atoms with Crippen LogP contribution in [0.5, 0.6) is 0 Å². The van der Waals surface area contributed by atoms with E-state index < -0.39 is 11.8 Å². The van der Waals surface area contributed by atoms with Crippen molar-refractivity contribution < 1.29 is 13.9 Å². The second-order valence-electron chi connectivity index (χ2n) is 4.20. The molecule has 4 nitrogen and oxygen atoms in total. The third-order valence-corrected chi connectivity index (χ3v) is 3.08. The molecule has 0 fully saturated rings. The van der Waals surface area contributed by atoms with Gasteiger partial charge in [-0.1, -0.05) is 22.0 Å². The molecule has 0 aliphatic heterocycles. The highest BCUT2D eigenvalue weighted by Gasteiger charge is 2.11. The van der Waals surface area contributed by atoms with Crippen molar-refractivity contribution in [1.82, 2.24) is 0 Å². The molecule has 0 atom stereocenters. The predicted molar refractivity (Wildman–Crippen MR) is 78.5 cm³/mol. The number of anilines is 2. The standard InChI is InChI=1S/C14H12BrFN2O2/c15-10-2-1-8(13(16)5-10)7-20-14(19)9-3-11(17)6-12(18)4-9/h1-6H,7,17-18H2. The maximum Gasteiger partial charge on any atom is 0.338 e. The summed E-state index contributed by atoms with van der Waals surface area (Å²) in [6.45, 7) is -0.160. The fourth-order valence-electron chi connectivity index (χ4n) is 1.66. The zero-order chi connectivity index (χ0) is 14.7. The SMILES string of the molecule is Nc1cc(N)cc(C(=O)OCc2ccc(Br)cc2F)c1. The zero-order valence-electron chi connectivity index (χ0n) is 10.4. The zero-order valence-corrected chi connectivity index (χ0v) is 12.0. The van der Waals surface area contributed by atoms with Crippen molar-refractivity contribution in [3.63, 3.8) is 0 Å². The number of esters is 1. The number of rotatable bonds is 3. The molecule has 0 saturated carbocycles. The third kappa shape index (κ3) is 3.48. The Morgan fingerprint density at radius 2 is 1.80 bits per heavy atom. The summed E-state index contributed by atoms with van der Waals surface area (Å²) >= 11 is 3.15. The number of nitrogens with two attached hydrogens (primary N) is 2. The first-order chi connectivity index (χ1) is 9.45. The van der Waals surface area contributed by atoms with Crippen LogP contribution in [0.3, 0.4) is 0 Å². The summed E-state index contributed by atoms with van der Waals surface area (Å²) in [7, 11) is 0. The maximum atomic E-state index is 13.6. The topological polar surface area (TPSA) is 78.3 Å². The monoisotopic (exact) mass is 338 g/mol. The first kappa shape index (κ1) is 14.3. The Bertz CT molecular complexity index is 641. The molecule has 0 bridgehead atoms. The van der Waals surface area contributed by atoms with E-state index in [4.69, 9.17) is 16.2 Å². The van der Waals surface area contributed by atoms with Crippen molar-refractivity contribution in [3.8, 4) is 0 Å². The average Bonchev–Trinajstić information content (AvgIpc) is 2.36. The molecule has 4 N–H and O–H groups in total. The van der Waals surface area contributed by atoms with Gasteiger partial charge in [0.05, 0.1) is 5.56 Å². The molecule has 0 spiro atoms. The van der Waals surface area contributed by atoms with Gasteiger partial charge in [-0.05, 0) is 30.3 Å². The lowest BCUT2D eigenvalue weighted by Gasteiger charge is -2.07. The molecule has 0 radical (unpaired) electrons.